The number of carbonyl (C=O) groups excluding carboxylic acids is 1. The van der Waals surface area contributed by atoms with Crippen molar-refractivity contribution < 1.29 is 22.4 Å². The van der Waals surface area contributed by atoms with Crippen molar-refractivity contribution in [2.75, 3.05) is 26.2 Å². The Bertz CT molecular complexity index is 1200. The second kappa shape index (κ2) is 11.0. The summed E-state index contributed by atoms with van der Waals surface area (Å²) in [6, 6.07) is 18.1. The molecule has 9 heteroatoms. The van der Waals surface area contributed by atoms with E-state index in [4.69, 9.17) is 9.15 Å². The quantitative estimate of drug-likeness (QED) is 0.485. The number of furan rings is 1. The summed E-state index contributed by atoms with van der Waals surface area (Å²) in [6.45, 7) is 5.13. The van der Waals surface area contributed by atoms with Gasteiger partial charge in [0.15, 0.2) is 0 Å². The molecule has 0 radical (unpaired) electrons. The van der Waals surface area contributed by atoms with Crippen LogP contribution in [-0.4, -0.2) is 51.6 Å². The van der Waals surface area contributed by atoms with Crippen LogP contribution in [0.2, 0.25) is 0 Å². The van der Waals surface area contributed by atoms with Crippen molar-refractivity contribution in [2.24, 2.45) is 0 Å². The maximum Gasteiger partial charge on any atom is 0.251 e. The van der Waals surface area contributed by atoms with Gasteiger partial charge >= 0.3 is 0 Å². The number of amides is 1. The Hall–Kier alpha value is -2.98. The summed E-state index contributed by atoms with van der Waals surface area (Å²) in [5, 5.41) is 2.91. The van der Waals surface area contributed by atoms with Crippen molar-refractivity contribution in [1.29, 1.82) is 0 Å². The van der Waals surface area contributed by atoms with Gasteiger partial charge in [0, 0.05) is 31.7 Å². The highest BCUT2D eigenvalue weighted by Crippen LogP contribution is 2.17. The highest BCUT2D eigenvalue weighted by molar-refractivity contribution is 7.89. The van der Waals surface area contributed by atoms with Crippen LogP contribution in [0.4, 0.5) is 0 Å². The zero-order valence-electron chi connectivity index (χ0n) is 19.1. The van der Waals surface area contributed by atoms with E-state index in [1.54, 1.807) is 25.1 Å². The van der Waals surface area contributed by atoms with Gasteiger partial charge in [-0.05, 0) is 42.3 Å². The molecular weight excluding hydrogens is 454 g/mol. The Balaban J connectivity index is 1.35. The van der Waals surface area contributed by atoms with Crippen LogP contribution in [0, 0.1) is 6.92 Å². The number of carbonyl (C=O) groups is 1. The molecule has 1 atom stereocenters. The van der Waals surface area contributed by atoms with Gasteiger partial charge in [0.25, 0.3) is 5.91 Å². The number of hydrogen-bond acceptors (Lipinski definition) is 6. The number of sulfonamides is 1. The summed E-state index contributed by atoms with van der Waals surface area (Å²) in [7, 11) is -3.80. The molecular formula is C25H29N3O5S. The zero-order chi connectivity index (χ0) is 24.0. The molecule has 2 aromatic carbocycles. The minimum absolute atomic E-state index is 0.0257. The van der Waals surface area contributed by atoms with Crippen molar-refractivity contribution in [1.82, 2.24) is 14.9 Å². The third-order valence-corrected chi connectivity index (χ3v) is 7.14. The monoisotopic (exact) mass is 483 g/mol. The molecule has 8 nitrogen and oxygen atoms in total. The predicted molar refractivity (Wildman–Crippen MR) is 128 cm³/mol. The molecule has 0 aliphatic carbocycles. The molecule has 34 heavy (non-hydrogen) atoms. The number of benzene rings is 2. The van der Waals surface area contributed by atoms with E-state index < -0.39 is 10.0 Å². The maximum absolute atomic E-state index is 12.9. The first kappa shape index (κ1) is 24.2. The van der Waals surface area contributed by atoms with Crippen LogP contribution in [0.1, 0.15) is 27.2 Å². The van der Waals surface area contributed by atoms with Crippen molar-refractivity contribution >= 4 is 15.9 Å². The Morgan fingerprint density at radius 1 is 1.12 bits per heavy atom. The first-order valence-electron chi connectivity index (χ1n) is 11.2. The molecule has 0 saturated carbocycles. The van der Waals surface area contributed by atoms with E-state index in [1.165, 1.54) is 24.0 Å². The first-order chi connectivity index (χ1) is 16.4. The third-order valence-electron chi connectivity index (χ3n) is 5.74. The van der Waals surface area contributed by atoms with Crippen molar-refractivity contribution in [2.45, 2.75) is 31.0 Å². The Labute approximate surface area is 200 Å². The number of rotatable bonds is 9. The molecule has 1 saturated heterocycles. The smallest absolute Gasteiger partial charge is 0.251 e. The summed E-state index contributed by atoms with van der Waals surface area (Å²) in [5.41, 5.74) is 2.25. The van der Waals surface area contributed by atoms with Crippen molar-refractivity contribution in [3.63, 3.8) is 0 Å². The fourth-order valence-corrected chi connectivity index (χ4v) is 4.89. The predicted octanol–water partition coefficient (Wildman–Crippen LogP) is 2.70. The van der Waals surface area contributed by atoms with Gasteiger partial charge in [-0.15, -0.1) is 0 Å². The van der Waals surface area contributed by atoms with Crippen LogP contribution in [0.5, 0.6) is 0 Å². The molecule has 2 heterocycles. The van der Waals surface area contributed by atoms with Gasteiger partial charge < -0.3 is 14.5 Å². The summed E-state index contributed by atoms with van der Waals surface area (Å²) < 4.78 is 38.9. The number of nitrogens with one attached hydrogen (secondary N) is 2. The highest BCUT2D eigenvalue weighted by atomic mass is 32.2. The Kier molecular flexibility index (Phi) is 7.79. The average Bonchev–Trinajstić information content (AvgIpc) is 3.36. The van der Waals surface area contributed by atoms with E-state index in [2.05, 4.69) is 27.1 Å². The van der Waals surface area contributed by atoms with Gasteiger partial charge in [-0.1, -0.05) is 36.4 Å². The van der Waals surface area contributed by atoms with Gasteiger partial charge in [0.05, 0.1) is 30.4 Å². The number of morpholine rings is 1. The molecule has 0 bridgehead atoms. The van der Waals surface area contributed by atoms with E-state index in [0.717, 1.165) is 13.1 Å². The topological polar surface area (TPSA) is 101 Å². The van der Waals surface area contributed by atoms with E-state index in [9.17, 15) is 13.2 Å². The molecule has 2 N–H and O–H groups in total. The van der Waals surface area contributed by atoms with E-state index in [-0.39, 0.29) is 23.5 Å². The lowest BCUT2D eigenvalue weighted by Gasteiger charge is -2.33. The van der Waals surface area contributed by atoms with E-state index in [0.29, 0.717) is 36.6 Å². The fourth-order valence-electron chi connectivity index (χ4n) is 3.87. The molecule has 4 rings (SSSR count). The number of aryl methyl sites for hydroxylation is 1. The molecule has 1 aromatic heterocycles. The molecule has 1 fully saturated rings. The molecule has 1 aliphatic heterocycles. The number of hydrogen-bond donors (Lipinski definition) is 2. The van der Waals surface area contributed by atoms with Gasteiger partial charge in [0.1, 0.15) is 5.76 Å². The Morgan fingerprint density at radius 2 is 1.94 bits per heavy atom. The molecule has 3 aromatic rings. The standard InChI is InChI=1S/C25H29N3O5S/c1-19-9-10-23(34(30,31)27-16-21-8-5-12-32-21)14-24(19)25(29)26-15-22-18-28(11-13-33-22)17-20-6-3-2-4-7-20/h2-10,12,14,22,27H,11,13,15-18H2,1H3,(H,26,29). The van der Waals surface area contributed by atoms with Crippen LogP contribution >= 0.6 is 0 Å². The van der Waals surface area contributed by atoms with E-state index in [1.807, 2.05) is 18.2 Å². The summed E-state index contributed by atoms with van der Waals surface area (Å²) in [6.07, 6.45) is 1.35. The minimum atomic E-state index is -3.80. The second-order valence-electron chi connectivity index (χ2n) is 8.30. The normalized spacial score (nSPS) is 16.9. The summed E-state index contributed by atoms with van der Waals surface area (Å²) in [5.74, 6) is 0.173. The molecule has 180 valence electrons. The molecule has 1 amide bonds. The van der Waals surface area contributed by atoms with Crippen LogP contribution in [-0.2, 0) is 27.8 Å². The zero-order valence-corrected chi connectivity index (χ0v) is 19.9. The lowest BCUT2D eigenvalue weighted by molar-refractivity contribution is -0.0292. The highest BCUT2D eigenvalue weighted by Gasteiger charge is 2.23. The van der Waals surface area contributed by atoms with Crippen LogP contribution in [0.25, 0.3) is 0 Å². The SMILES string of the molecule is Cc1ccc(S(=O)(=O)NCc2ccco2)cc1C(=O)NCC1CN(Cc2ccccc2)CCO1. The summed E-state index contributed by atoms with van der Waals surface area (Å²) >= 11 is 0. The van der Waals surface area contributed by atoms with Gasteiger partial charge in [-0.2, -0.15) is 0 Å². The van der Waals surface area contributed by atoms with Gasteiger partial charge in [-0.25, -0.2) is 13.1 Å². The van der Waals surface area contributed by atoms with Crippen molar-refractivity contribution in [3.05, 3.63) is 89.4 Å². The van der Waals surface area contributed by atoms with Crippen molar-refractivity contribution in [3.8, 4) is 0 Å². The third kappa shape index (κ3) is 6.32. The van der Waals surface area contributed by atoms with Crippen LogP contribution in [0.3, 0.4) is 0 Å². The lowest BCUT2D eigenvalue weighted by Crippen LogP contribution is -2.47. The maximum atomic E-state index is 12.9. The molecule has 1 unspecified atom stereocenters. The van der Waals surface area contributed by atoms with Gasteiger partial charge in [-0.3, -0.25) is 9.69 Å². The number of nitrogens with zero attached hydrogens (tertiary/aromatic N) is 1. The molecule has 0 spiro atoms. The van der Waals surface area contributed by atoms with E-state index >= 15 is 0 Å². The first-order valence-corrected chi connectivity index (χ1v) is 12.7. The average molecular weight is 484 g/mol. The fraction of sp³-hybridized carbons (Fsp3) is 0.320. The number of ether oxygens (including phenoxy) is 1. The minimum Gasteiger partial charge on any atom is -0.468 e. The summed E-state index contributed by atoms with van der Waals surface area (Å²) in [4.78, 5) is 15.2. The second-order valence-corrected chi connectivity index (χ2v) is 10.1. The Morgan fingerprint density at radius 3 is 2.71 bits per heavy atom. The van der Waals surface area contributed by atoms with Gasteiger partial charge in [0.2, 0.25) is 10.0 Å². The lowest BCUT2D eigenvalue weighted by atomic mass is 10.1. The largest absolute Gasteiger partial charge is 0.468 e. The van der Waals surface area contributed by atoms with Crippen LogP contribution in [0.15, 0.2) is 76.2 Å². The van der Waals surface area contributed by atoms with Crippen LogP contribution < -0.4 is 10.0 Å². The molecule has 1 aliphatic rings.